The fourth-order valence-electron chi connectivity index (χ4n) is 3.38. The SMILES string of the molecule is COc1cc(=O)oc(/C=C/C=C/C=C/C(C)=C/[C@@]2(C)O[C@H](C)[C@](C)(O)[C@H]2O)c1C. The Hall–Kier alpha value is -2.41. The van der Waals surface area contributed by atoms with Gasteiger partial charge in [-0.25, -0.2) is 4.79 Å². The molecule has 1 aromatic rings. The van der Waals surface area contributed by atoms with Crippen LogP contribution in [-0.2, 0) is 4.74 Å². The van der Waals surface area contributed by atoms with E-state index in [2.05, 4.69) is 0 Å². The number of hydrogen-bond acceptors (Lipinski definition) is 6. The molecular weight excluding hydrogens is 372 g/mol. The quantitative estimate of drug-likeness (QED) is 0.710. The fraction of sp³-hybridized carbons (Fsp3) is 0.435. The van der Waals surface area contributed by atoms with Crippen LogP contribution in [0.4, 0.5) is 0 Å². The molecule has 0 amide bonds. The number of allylic oxidation sites excluding steroid dienone is 6. The van der Waals surface area contributed by atoms with Crippen molar-refractivity contribution in [3.8, 4) is 5.75 Å². The van der Waals surface area contributed by atoms with Crippen molar-refractivity contribution in [2.45, 2.75) is 58.0 Å². The lowest BCUT2D eigenvalue weighted by atomic mass is 9.86. The lowest BCUT2D eigenvalue weighted by Gasteiger charge is -2.28. The number of ether oxygens (including phenoxy) is 2. The van der Waals surface area contributed by atoms with Crippen molar-refractivity contribution in [2.75, 3.05) is 7.11 Å². The molecule has 2 heterocycles. The van der Waals surface area contributed by atoms with Crippen molar-refractivity contribution >= 4 is 6.08 Å². The van der Waals surface area contributed by atoms with Crippen LogP contribution in [0.3, 0.4) is 0 Å². The van der Waals surface area contributed by atoms with E-state index in [-0.39, 0.29) is 0 Å². The molecule has 158 valence electrons. The van der Waals surface area contributed by atoms with Gasteiger partial charge in [0.2, 0.25) is 0 Å². The highest BCUT2D eigenvalue weighted by Gasteiger charge is 2.55. The van der Waals surface area contributed by atoms with E-state index < -0.39 is 29.0 Å². The molecule has 2 N–H and O–H groups in total. The maximum absolute atomic E-state index is 11.5. The summed E-state index contributed by atoms with van der Waals surface area (Å²) in [6.45, 7) is 8.79. The highest BCUT2D eigenvalue weighted by Crippen LogP contribution is 2.39. The summed E-state index contributed by atoms with van der Waals surface area (Å²) in [6.07, 6.45) is 11.1. The van der Waals surface area contributed by atoms with Crippen molar-refractivity contribution in [1.29, 1.82) is 0 Å². The molecule has 1 fully saturated rings. The van der Waals surface area contributed by atoms with Crippen molar-refractivity contribution in [3.63, 3.8) is 0 Å². The first-order valence-electron chi connectivity index (χ1n) is 9.49. The predicted molar refractivity (Wildman–Crippen MR) is 113 cm³/mol. The van der Waals surface area contributed by atoms with Crippen molar-refractivity contribution in [3.05, 3.63) is 69.8 Å². The number of aliphatic hydroxyl groups is 2. The summed E-state index contributed by atoms with van der Waals surface area (Å²) < 4.78 is 16.1. The first-order valence-corrected chi connectivity index (χ1v) is 9.49. The third-order valence-corrected chi connectivity index (χ3v) is 5.22. The monoisotopic (exact) mass is 402 g/mol. The van der Waals surface area contributed by atoms with Crippen molar-refractivity contribution in [1.82, 2.24) is 0 Å². The first kappa shape index (κ1) is 22.9. The molecule has 0 radical (unpaired) electrons. The molecule has 0 aromatic carbocycles. The molecule has 29 heavy (non-hydrogen) atoms. The van der Waals surface area contributed by atoms with E-state index in [4.69, 9.17) is 13.9 Å². The summed E-state index contributed by atoms with van der Waals surface area (Å²) in [5, 5.41) is 20.8. The van der Waals surface area contributed by atoms with E-state index in [9.17, 15) is 15.0 Å². The average Bonchev–Trinajstić information content (AvgIpc) is 2.79. The zero-order valence-corrected chi connectivity index (χ0v) is 17.8. The Balaban J connectivity index is 2.04. The first-order chi connectivity index (χ1) is 13.5. The van der Waals surface area contributed by atoms with E-state index in [0.29, 0.717) is 11.5 Å². The third kappa shape index (κ3) is 5.15. The van der Waals surface area contributed by atoms with E-state index in [1.807, 2.05) is 38.2 Å². The number of rotatable bonds is 6. The van der Waals surface area contributed by atoms with Crippen molar-refractivity contribution in [2.24, 2.45) is 0 Å². The summed E-state index contributed by atoms with van der Waals surface area (Å²) in [5.74, 6) is 0.934. The molecule has 0 aliphatic carbocycles. The zero-order chi connectivity index (χ0) is 21.8. The Morgan fingerprint density at radius 1 is 1.24 bits per heavy atom. The minimum absolute atomic E-state index is 0.445. The molecule has 6 nitrogen and oxygen atoms in total. The van der Waals surface area contributed by atoms with Crippen LogP contribution in [0.1, 0.15) is 39.0 Å². The molecular formula is C23H30O6. The molecule has 6 heteroatoms. The van der Waals surface area contributed by atoms with E-state index in [1.54, 1.807) is 39.0 Å². The van der Waals surface area contributed by atoms with E-state index >= 15 is 0 Å². The second kappa shape index (κ2) is 8.95. The Morgan fingerprint density at radius 2 is 1.90 bits per heavy atom. The summed E-state index contributed by atoms with van der Waals surface area (Å²) in [4.78, 5) is 11.5. The third-order valence-electron chi connectivity index (χ3n) is 5.22. The van der Waals surface area contributed by atoms with Crippen molar-refractivity contribution < 1.29 is 24.1 Å². The molecule has 1 aliphatic rings. The Kier molecular flexibility index (Phi) is 7.06. The number of hydrogen-bond donors (Lipinski definition) is 2. The van der Waals surface area contributed by atoms with Gasteiger partial charge in [-0.3, -0.25) is 0 Å². The van der Waals surface area contributed by atoms with E-state index in [0.717, 1.165) is 11.1 Å². The van der Waals surface area contributed by atoms with Gasteiger partial charge >= 0.3 is 5.63 Å². The van der Waals surface area contributed by atoms with Crippen LogP contribution in [0, 0.1) is 6.92 Å². The highest BCUT2D eigenvalue weighted by atomic mass is 16.6. The molecule has 1 aromatic heterocycles. The second-order valence-electron chi connectivity index (χ2n) is 7.69. The van der Waals surface area contributed by atoms with Crippen LogP contribution in [0.5, 0.6) is 5.75 Å². The summed E-state index contributed by atoms with van der Waals surface area (Å²) in [7, 11) is 1.51. The second-order valence-corrected chi connectivity index (χ2v) is 7.69. The van der Waals surface area contributed by atoms with Crippen LogP contribution in [-0.4, -0.2) is 40.7 Å². The largest absolute Gasteiger partial charge is 0.496 e. The summed E-state index contributed by atoms with van der Waals surface area (Å²) >= 11 is 0. The minimum atomic E-state index is -1.30. The maximum Gasteiger partial charge on any atom is 0.339 e. The average molecular weight is 402 g/mol. The number of aliphatic hydroxyl groups excluding tert-OH is 1. The van der Waals surface area contributed by atoms with Crippen LogP contribution in [0.2, 0.25) is 0 Å². The van der Waals surface area contributed by atoms with Gasteiger partial charge in [-0.05, 0) is 46.8 Å². The van der Waals surface area contributed by atoms with Gasteiger partial charge in [0.1, 0.15) is 28.8 Å². The molecule has 0 unspecified atom stereocenters. The molecule has 0 spiro atoms. The fourth-order valence-corrected chi connectivity index (χ4v) is 3.38. The molecule has 0 bridgehead atoms. The van der Waals surface area contributed by atoms with Gasteiger partial charge in [0, 0.05) is 5.56 Å². The topological polar surface area (TPSA) is 89.1 Å². The predicted octanol–water partition coefficient (Wildman–Crippen LogP) is 3.32. The van der Waals surface area contributed by atoms with Crippen LogP contribution in [0.15, 0.2) is 57.3 Å². The Labute approximate surface area is 171 Å². The normalized spacial score (nSPS) is 30.8. The molecule has 4 atom stereocenters. The minimum Gasteiger partial charge on any atom is -0.496 e. The molecule has 0 saturated carbocycles. The zero-order valence-electron chi connectivity index (χ0n) is 17.8. The molecule has 1 saturated heterocycles. The smallest absolute Gasteiger partial charge is 0.339 e. The highest BCUT2D eigenvalue weighted by molar-refractivity contribution is 5.52. The van der Waals surface area contributed by atoms with Gasteiger partial charge in [0.05, 0.1) is 19.3 Å². The van der Waals surface area contributed by atoms with Crippen LogP contribution >= 0.6 is 0 Å². The lowest BCUT2D eigenvalue weighted by molar-refractivity contribution is -0.0579. The molecule has 2 rings (SSSR count). The van der Waals surface area contributed by atoms with Gasteiger partial charge in [0.15, 0.2) is 0 Å². The van der Waals surface area contributed by atoms with Gasteiger partial charge in [-0.1, -0.05) is 36.0 Å². The molecule has 1 aliphatic heterocycles. The number of methoxy groups -OCH3 is 1. The van der Waals surface area contributed by atoms with Gasteiger partial charge < -0.3 is 24.1 Å². The summed E-state index contributed by atoms with van der Waals surface area (Å²) in [6, 6.07) is 1.31. The van der Waals surface area contributed by atoms with Gasteiger partial charge in [0.25, 0.3) is 0 Å². The van der Waals surface area contributed by atoms with Gasteiger partial charge in [-0.15, -0.1) is 0 Å². The van der Waals surface area contributed by atoms with Gasteiger partial charge in [-0.2, -0.15) is 0 Å². The lowest BCUT2D eigenvalue weighted by Crippen LogP contribution is -2.47. The van der Waals surface area contributed by atoms with Crippen LogP contribution in [0.25, 0.3) is 6.08 Å². The standard InChI is InChI=1S/C23H30O6/c1-15(14-22(4)21(25)23(5,26)17(3)29-22)11-9-7-8-10-12-18-16(2)19(27-6)13-20(24)28-18/h7-14,17,21,25-26H,1-6H3/b8-7+,11-9+,12-10+,15-14+/t17-,21+,22-,23+/m1/s1. The Morgan fingerprint density at radius 3 is 2.48 bits per heavy atom. The Bertz CT molecular complexity index is 902. The maximum atomic E-state index is 11.5. The summed E-state index contributed by atoms with van der Waals surface area (Å²) in [5.41, 5.74) is -1.08. The van der Waals surface area contributed by atoms with Crippen LogP contribution < -0.4 is 10.4 Å². The van der Waals surface area contributed by atoms with E-state index in [1.165, 1.54) is 13.2 Å².